The standard InChI is InChI=1S/C20H23F3N2O4/c21-20(22,23)29-16-2-1-13-11-18(24-17(13)12-16)19(26)25-7-3-14(4-8-25)28-15-5-9-27-10-6-15/h1-2,11-12,14-15,24H,3-10H2. The summed E-state index contributed by atoms with van der Waals surface area (Å²) >= 11 is 0. The number of carbonyl (C=O) groups excluding carboxylic acids is 1. The summed E-state index contributed by atoms with van der Waals surface area (Å²) in [6, 6.07) is 5.63. The quantitative estimate of drug-likeness (QED) is 0.828. The molecule has 0 saturated carbocycles. The Morgan fingerprint density at radius 1 is 1.07 bits per heavy atom. The van der Waals surface area contributed by atoms with Crippen LogP contribution in [0.3, 0.4) is 0 Å². The van der Waals surface area contributed by atoms with Gasteiger partial charge in [0, 0.05) is 43.3 Å². The summed E-state index contributed by atoms with van der Waals surface area (Å²) in [6.07, 6.45) is -1.01. The van der Waals surface area contributed by atoms with Crippen LogP contribution in [0.2, 0.25) is 0 Å². The average molecular weight is 412 g/mol. The molecule has 0 bridgehead atoms. The highest BCUT2D eigenvalue weighted by atomic mass is 19.4. The second-order valence-electron chi connectivity index (χ2n) is 7.42. The number of ether oxygens (including phenoxy) is 3. The molecule has 6 nitrogen and oxygen atoms in total. The number of hydrogen-bond acceptors (Lipinski definition) is 4. The van der Waals surface area contributed by atoms with E-state index in [0.717, 1.165) is 38.9 Å². The van der Waals surface area contributed by atoms with Gasteiger partial charge in [-0.2, -0.15) is 0 Å². The number of halogens is 3. The zero-order valence-electron chi connectivity index (χ0n) is 15.8. The van der Waals surface area contributed by atoms with E-state index < -0.39 is 6.36 Å². The molecule has 1 N–H and O–H groups in total. The molecule has 1 amide bonds. The van der Waals surface area contributed by atoms with Gasteiger partial charge in [-0.1, -0.05) is 0 Å². The number of rotatable bonds is 4. The van der Waals surface area contributed by atoms with Crippen LogP contribution in [0.5, 0.6) is 5.75 Å². The lowest BCUT2D eigenvalue weighted by Crippen LogP contribution is -2.42. The van der Waals surface area contributed by atoms with Gasteiger partial charge in [-0.05, 0) is 43.9 Å². The van der Waals surface area contributed by atoms with Crippen LogP contribution >= 0.6 is 0 Å². The van der Waals surface area contributed by atoms with Gasteiger partial charge in [-0.25, -0.2) is 0 Å². The van der Waals surface area contributed by atoms with Crippen molar-refractivity contribution in [2.75, 3.05) is 26.3 Å². The number of nitrogens with zero attached hydrogens (tertiary/aromatic N) is 1. The van der Waals surface area contributed by atoms with Crippen molar-refractivity contribution in [1.29, 1.82) is 0 Å². The molecule has 2 saturated heterocycles. The molecule has 2 aliphatic rings. The zero-order valence-corrected chi connectivity index (χ0v) is 15.8. The minimum atomic E-state index is -4.75. The van der Waals surface area contributed by atoms with E-state index in [1.54, 1.807) is 11.0 Å². The van der Waals surface area contributed by atoms with Crippen LogP contribution < -0.4 is 4.74 Å². The molecular weight excluding hydrogens is 389 g/mol. The van der Waals surface area contributed by atoms with E-state index in [2.05, 4.69) is 9.72 Å². The first-order valence-corrected chi connectivity index (χ1v) is 9.78. The number of carbonyl (C=O) groups is 1. The Morgan fingerprint density at radius 3 is 2.45 bits per heavy atom. The normalized spacial score (nSPS) is 19.6. The molecule has 4 rings (SSSR count). The Morgan fingerprint density at radius 2 is 1.76 bits per heavy atom. The Bertz CT molecular complexity index is 853. The van der Waals surface area contributed by atoms with Crippen molar-refractivity contribution in [2.24, 2.45) is 0 Å². The van der Waals surface area contributed by atoms with Crippen LogP contribution in [0, 0.1) is 0 Å². The molecule has 0 aliphatic carbocycles. The summed E-state index contributed by atoms with van der Waals surface area (Å²) < 4.78 is 52.6. The number of aromatic amines is 1. The summed E-state index contributed by atoms with van der Waals surface area (Å²) in [6.45, 7) is 2.64. The van der Waals surface area contributed by atoms with Gasteiger partial charge in [-0.15, -0.1) is 13.2 Å². The number of alkyl halides is 3. The van der Waals surface area contributed by atoms with E-state index in [1.807, 2.05) is 0 Å². The number of hydrogen-bond donors (Lipinski definition) is 1. The summed E-state index contributed by atoms with van der Waals surface area (Å²) in [5.41, 5.74) is 0.779. The molecule has 29 heavy (non-hydrogen) atoms. The van der Waals surface area contributed by atoms with Crippen molar-refractivity contribution in [1.82, 2.24) is 9.88 Å². The lowest BCUT2D eigenvalue weighted by molar-refractivity contribution is -0.274. The maximum absolute atomic E-state index is 12.8. The molecule has 1 aromatic heterocycles. The third-order valence-electron chi connectivity index (χ3n) is 5.34. The van der Waals surface area contributed by atoms with Gasteiger partial charge >= 0.3 is 6.36 Å². The smallest absolute Gasteiger partial charge is 0.406 e. The number of fused-ring (bicyclic) bond motifs is 1. The fraction of sp³-hybridized carbons (Fsp3) is 0.550. The zero-order chi connectivity index (χ0) is 20.4. The van der Waals surface area contributed by atoms with Crippen molar-refractivity contribution < 1.29 is 32.2 Å². The van der Waals surface area contributed by atoms with E-state index in [9.17, 15) is 18.0 Å². The second-order valence-corrected chi connectivity index (χ2v) is 7.42. The Labute approximate surface area is 165 Å². The maximum atomic E-state index is 12.8. The minimum Gasteiger partial charge on any atom is -0.406 e. The monoisotopic (exact) mass is 412 g/mol. The predicted molar refractivity (Wildman–Crippen MR) is 98.8 cm³/mol. The lowest BCUT2D eigenvalue weighted by Gasteiger charge is -2.34. The van der Waals surface area contributed by atoms with Crippen molar-refractivity contribution >= 4 is 16.8 Å². The molecule has 2 aliphatic heterocycles. The lowest BCUT2D eigenvalue weighted by atomic mass is 10.1. The number of piperidine rings is 1. The third kappa shape index (κ3) is 5.02. The molecular formula is C20H23F3N2O4. The number of amides is 1. The summed E-state index contributed by atoms with van der Waals surface area (Å²) in [4.78, 5) is 17.5. The van der Waals surface area contributed by atoms with Gasteiger partial charge in [0.25, 0.3) is 5.91 Å². The largest absolute Gasteiger partial charge is 0.573 e. The molecule has 0 atom stereocenters. The molecule has 1 aromatic carbocycles. The Balaban J connectivity index is 1.36. The van der Waals surface area contributed by atoms with E-state index in [4.69, 9.17) is 9.47 Å². The van der Waals surface area contributed by atoms with Gasteiger partial charge in [0.2, 0.25) is 0 Å². The highest BCUT2D eigenvalue weighted by molar-refractivity contribution is 5.98. The maximum Gasteiger partial charge on any atom is 0.573 e. The van der Waals surface area contributed by atoms with Gasteiger partial charge < -0.3 is 24.1 Å². The first-order valence-electron chi connectivity index (χ1n) is 9.78. The van der Waals surface area contributed by atoms with Crippen molar-refractivity contribution in [3.05, 3.63) is 30.0 Å². The van der Waals surface area contributed by atoms with Gasteiger partial charge in [-0.3, -0.25) is 4.79 Å². The predicted octanol–water partition coefficient (Wildman–Crippen LogP) is 3.87. The molecule has 0 unspecified atom stereocenters. The first kappa shape index (κ1) is 20.0. The molecule has 2 fully saturated rings. The van der Waals surface area contributed by atoms with Crippen LogP contribution in [0.15, 0.2) is 24.3 Å². The van der Waals surface area contributed by atoms with Crippen molar-refractivity contribution in [2.45, 2.75) is 44.3 Å². The highest BCUT2D eigenvalue weighted by Gasteiger charge is 2.31. The van der Waals surface area contributed by atoms with Crippen LogP contribution in [0.4, 0.5) is 13.2 Å². The van der Waals surface area contributed by atoms with E-state index in [1.165, 1.54) is 18.2 Å². The van der Waals surface area contributed by atoms with Crippen LogP contribution in [-0.2, 0) is 9.47 Å². The van der Waals surface area contributed by atoms with Gasteiger partial charge in [0.1, 0.15) is 11.4 Å². The third-order valence-corrected chi connectivity index (χ3v) is 5.34. The van der Waals surface area contributed by atoms with Crippen LogP contribution in [-0.4, -0.2) is 60.7 Å². The summed E-state index contributed by atoms with van der Waals surface area (Å²) in [5, 5.41) is 0.653. The fourth-order valence-corrected chi connectivity index (χ4v) is 3.87. The summed E-state index contributed by atoms with van der Waals surface area (Å²) in [5.74, 6) is -0.485. The van der Waals surface area contributed by atoms with Crippen molar-refractivity contribution in [3.8, 4) is 5.75 Å². The minimum absolute atomic E-state index is 0.145. The Kier molecular flexibility index (Phi) is 5.69. The molecule has 0 spiro atoms. The first-order chi connectivity index (χ1) is 13.9. The Hall–Kier alpha value is -2.26. The van der Waals surface area contributed by atoms with E-state index in [-0.39, 0.29) is 23.9 Å². The number of aromatic nitrogens is 1. The summed E-state index contributed by atoms with van der Waals surface area (Å²) in [7, 11) is 0. The van der Waals surface area contributed by atoms with Gasteiger partial charge in [0.15, 0.2) is 0 Å². The SMILES string of the molecule is O=C(c1cc2ccc(OC(F)(F)F)cc2[nH]1)N1CCC(OC2CCOCC2)CC1. The van der Waals surface area contributed by atoms with E-state index in [0.29, 0.717) is 29.7 Å². The highest BCUT2D eigenvalue weighted by Crippen LogP contribution is 2.27. The number of benzene rings is 1. The number of nitrogens with one attached hydrogen (secondary N) is 1. The fourth-order valence-electron chi connectivity index (χ4n) is 3.87. The van der Waals surface area contributed by atoms with Crippen LogP contribution in [0.25, 0.3) is 10.9 Å². The molecule has 158 valence electrons. The van der Waals surface area contributed by atoms with E-state index >= 15 is 0 Å². The van der Waals surface area contributed by atoms with Crippen LogP contribution in [0.1, 0.15) is 36.2 Å². The molecule has 9 heteroatoms. The second kappa shape index (κ2) is 8.23. The molecule has 3 heterocycles. The molecule has 2 aromatic rings. The molecule has 0 radical (unpaired) electrons. The van der Waals surface area contributed by atoms with Gasteiger partial charge in [0.05, 0.1) is 12.2 Å². The average Bonchev–Trinajstić information content (AvgIpc) is 3.11. The van der Waals surface area contributed by atoms with Crippen molar-refractivity contribution in [3.63, 3.8) is 0 Å². The number of H-pyrrole nitrogens is 1. The number of likely N-dealkylation sites (tertiary alicyclic amines) is 1. The topological polar surface area (TPSA) is 63.8 Å².